The number of ketones is 2. The first kappa shape index (κ1) is 33.6. The maximum atomic E-state index is 14.0. The number of benzene rings is 4. The number of esters is 1. The third kappa shape index (κ3) is 7.94. The lowest BCUT2D eigenvalue weighted by atomic mass is 9.84. The topological polar surface area (TPSA) is 69.7 Å². The van der Waals surface area contributed by atoms with Crippen LogP contribution in [0.2, 0.25) is 0 Å². The lowest BCUT2D eigenvalue weighted by Gasteiger charge is -2.22. The summed E-state index contributed by atoms with van der Waals surface area (Å²) in [6.45, 7) is 9.14. The van der Waals surface area contributed by atoms with Crippen molar-refractivity contribution in [3.63, 3.8) is 0 Å². The lowest BCUT2D eigenvalue weighted by Crippen LogP contribution is -2.22. The highest BCUT2D eigenvalue weighted by atomic mass is 32.2. The first-order valence-electron chi connectivity index (χ1n) is 16.0. The van der Waals surface area contributed by atoms with Gasteiger partial charge >= 0.3 is 5.97 Å². The van der Waals surface area contributed by atoms with Crippen molar-refractivity contribution in [2.45, 2.75) is 79.4 Å². The molecule has 0 N–H and O–H groups in total. The number of hydrogen-bond acceptors (Lipinski definition) is 7. The minimum absolute atomic E-state index is 0.102. The molecule has 0 bridgehead atoms. The molecule has 0 spiro atoms. The van der Waals surface area contributed by atoms with Gasteiger partial charge in [-0.05, 0) is 85.8 Å². The van der Waals surface area contributed by atoms with Crippen LogP contribution in [-0.2, 0) is 4.79 Å². The minimum atomic E-state index is -0.197. The fraction of sp³-hybridized carbons (Fsp3) is 0.308. The first-order chi connectivity index (χ1) is 22.3. The predicted octanol–water partition coefficient (Wildman–Crippen LogP) is 10.3. The van der Waals surface area contributed by atoms with Gasteiger partial charge in [-0.15, -0.1) is 0 Å². The zero-order chi connectivity index (χ0) is 32.6. The van der Waals surface area contributed by atoms with Crippen molar-refractivity contribution in [2.24, 2.45) is 11.8 Å². The normalized spacial score (nSPS) is 12.9. The largest absolute Gasteiger partial charge is 0.494 e. The molecule has 0 saturated heterocycles. The van der Waals surface area contributed by atoms with Gasteiger partial charge in [-0.3, -0.25) is 14.4 Å². The summed E-state index contributed by atoms with van der Waals surface area (Å²) in [5.74, 6) is 1.28. The second kappa shape index (κ2) is 15.7. The van der Waals surface area contributed by atoms with Crippen molar-refractivity contribution in [1.82, 2.24) is 0 Å². The van der Waals surface area contributed by atoms with Crippen LogP contribution in [0.3, 0.4) is 0 Å². The van der Waals surface area contributed by atoms with Crippen LogP contribution in [0.4, 0.5) is 0 Å². The molecule has 46 heavy (non-hydrogen) atoms. The molecular formula is C39H40O5S2. The van der Waals surface area contributed by atoms with Crippen LogP contribution in [0.1, 0.15) is 91.6 Å². The summed E-state index contributed by atoms with van der Waals surface area (Å²) in [5, 5.41) is 0. The molecule has 0 heterocycles. The van der Waals surface area contributed by atoms with Gasteiger partial charge in [0.25, 0.3) is 0 Å². The highest BCUT2D eigenvalue weighted by molar-refractivity contribution is 7.99. The van der Waals surface area contributed by atoms with Crippen LogP contribution in [0.25, 0.3) is 0 Å². The summed E-state index contributed by atoms with van der Waals surface area (Å²) in [7, 11) is 0. The van der Waals surface area contributed by atoms with E-state index in [4.69, 9.17) is 9.47 Å². The van der Waals surface area contributed by atoms with Crippen molar-refractivity contribution in [3.8, 4) is 11.5 Å². The Balaban J connectivity index is 1.32. The SMILES string of the molecule is CCCCC(CC)C(=O)Oc1ccc(Sc2cccc3c2C(=O)c2cccc(Sc4ccc(OCCC(C)C)cc4)c2C3=O)cc1. The third-order valence-electron chi connectivity index (χ3n) is 8.01. The van der Waals surface area contributed by atoms with Crippen LogP contribution in [0, 0.1) is 11.8 Å². The molecule has 0 saturated carbocycles. The van der Waals surface area contributed by atoms with Gasteiger partial charge in [0.1, 0.15) is 11.5 Å². The highest BCUT2D eigenvalue weighted by Gasteiger charge is 2.33. The Morgan fingerprint density at radius 3 is 1.70 bits per heavy atom. The summed E-state index contributed by atoms with van der Waals surface area (Å²) in [6.07, 6.45) is 4.62. The van der Waals surface area contributed by atoms with Crippen molar-refractivity contribution in [2.75, 3.05) is 6.61 Å². The molecule has 1 aliphatic carbocycles. The van der Waals surface area contributed by atoms with Gasteiger partial charge in [0.2, 0.25) is 0 Å². The number of unbranched alkanes of at least 4 members (excludes halogenated alkanes) is 1. The summed E-state index contributed by atoms with van der Waals surface area (Å²) in [4.78, 5) is 43.8. The van der Waals surface area contributed by atoms with Gasteiger partial charge in [-0.2, -0.15) is 0 Å². The van der Waals surface area contributed by atoms with E-state index in [1.807, 2.05) is 67.6 Å². The van der Waals surface area contributed by atoms with Gasteiger partial charge in [0, 0.05) is 41.8 Å². The monoisotopic (exact) mass is 652 g/mol. The van der Waals surface area contributed by atoms with Crippen molar-refractivity contribution >= 4 is 41.1 Å². The van der Waals surface area contributed by atoms with E-state index in [9.17, 15) is 14.4 Å². The number of carbonyl (C=O) groups excluding carboxylic acids is 3. The second-order valence-electron chi connectivity index (χ2n) is 11.9. The minimum Gasteiger partial charge on any atom is -0.494 e. The molecule has 1 aliphatic rings. The Bertz CT molecular complexity index is 1690. The van der Waals surface area contributed by atoms with Crippen molar-refractivity contribution in [1.29, 1.82) is 0 Å². The predicted molar refractivity (Wildman–Crippen MR) is 185 cm³/mol. The molecule has 5 nitrogen and oxygen atoms in total. The van der Waals surface area contributed by atoms with Gasteiger partial charge in [0.05, 0.1) is 12.5 Å². The molecule has 4 aromatic rings. The highest BCUT2D eigenvalue weighted by Crippen LogP contribution is 2.41. The number of fused-ring (bicyclic) bond motifs is 2. The first-order valence-corrected chi connectivity index (χ1v) is 17.7. The van der Waals surface area contributed by atoms with Crippen LogP contribution in [0.5, 0.6) is 11.5 Å². The molecular weight excluding hydrogens is 613 g/mol. The summed E-state index contributed by atoms with van der Waals surface area (Å²) in [6, 6.07) is 26.0. The van der Waals surface area contributed by atoms with E-state index in [0.717, 1.165) is 52.5 Å². The Morgan fingerprint density at radius 1 is 0.696 bits per heavy atom. The quantitative estimate of drug-likeness (QED) is 0.0873. The lowest BCUT2D eigenvalue weighted by molar-refractivity contribution is -0.139. The molecule has 0 radical (unpaired) electrons. The van der Waals surface area contributed by atoms with E-state index in [1.54, 1.807) is 24.3 Å². The van der Waals surface area contributed by atoms with E-state index in [1.165, 1.54) is 23.5 Å². The van der Waals surface area contributed by atoms with Gasteiger partial charge in [-0.1, -0.05) is 88.3 Å². The molecule has 0 aromatic heterocycles. The molecule has 7 heteroatoms. The van der Waals surface area contributed by atoms with E-state index < -0.39 is 0 Å². The fourth-order valence-corrected chi connectivity index (χ4v) is 7.29. The maximum Gasteiger partial charge on any atom is 0.314 e. The molecule has 5 rings (SSSR count). The van der Waals surface area contributed by atoms with Gasteiger partial charge in [0.15, 0.2) is 11.6 Å². The zero-order valence-electron chi connectivity index (χ0n) is 26.8. The fourth-order valence-electron chi connectivity index (χ4n) is 5.33. The molecule has 238 valence electrons. The van der Waals surface area contributed by atoms with E-state index in [0.29, 0.717) is 45.4 Å². The number of ether oxygens (including phenoxy) is 2. The standard InChI is InChI=1S/C39H40O5S2/c1-5-7-10-26(6-2)39(42)44-28-17-21-30(22-18-28)46-34-14-9-12-32-36(34)38(41)31-11-8-13-33(35(31)37(32)40)45-29-19-15-27(16-20-29)43-24-23-25(3)4/h8-9,11-22,25-26H,5-7,10,23-24H2,1-4H3. The van der Waals surface area contributed by atoms with Crippen LogP contribution in [-0.4, -0.2) is 24.1 Å². The molecule has 1 atom stereocenters. The van der Waals surface area contributed by atoms with Crippen LogP contribution < -0.4 is 9.47 Å². The zero-order valence-corrected chi connectivity index (χ0v) is 28.5. The van der Waals surface area contributed by atoms with Gasteiger partial charge in [-0.25, -0.2) is 0 Å². The summed E-state index contributed by atoms with van der Waals surface area (Å²) >= 11 is 2.89. The Kier molecular flexibility index (Phi) is 11.4. The molecule has 0 aliphatic heterocycles. The van der Waals surface area contributed by atoms with Gasteiger partial charge < -0.3 is 9.47 Å². The average molecular weight is 653 g/mol. The maximum absolute atomic E-state index is 14.0. The molecule has 0 fully saturated rings. The number of carbonyl (C=O) groups is 3. The molecule has 0 amide bonds. The van der Waals surface area contributed by atoms with E-state index in [-0.39, 0.29) is 23.5 Å². The average Bonchev–Trinajstić information content (AvgIpc) is 3.05. The van der Waals surface area contributed by atoms with Crippen molar-refractivity contribution < 1.29 is 23.9 Å². The third-order valence-corrected chi connectivity index (χ3v) is 10.1. The molecule has 4 aromatic carbocycles. The van der Waals surface area contributed by atoms with Crippen LogP contribution in [0.15, 0.2) is 105 Å². The smallest absolute Gasteiger partial charge is 0.314 e. The summed E-state index contributed by atoms with van der Waals surface area (Å²) in [5.41, 5.74) is 1.69. The van der Waals surface area contributed by atoms with E-state index >= 15 is 0 Å². The Morgan fingerprint density at radius 2 is 1.22 bits per heavy atom. The number of rotatable bonds is 14. The second-order valence-corrected chi connectivity index (χ2v) is 14.1. The number of hydrogen-bond donors (Lipinski definition) is 0. The van der Waals surface area contributed by atoms with Crippen molar-refractivity contribution in [3.05, 3.63) is 107 Å². The summed E-state index contributed by atoms with van der Waals surface area (Å²) < 4.78 is 11.5. The Labute approximate surface area is 280 Å². The molecule has 1 unspecified atom stereocenters. The Hall–Kier alpha value is -3.81. The van der Waals surface area contributed by atoms with E-state index in [2.05, 4.69) is 20.8 Å². The van der Waals surface area contributed by atoms with Crippen LogP contribution >= 0.6 is 23.5 Å².